The molecule has 0 aliphatic rings. The molecule has 1 unspecified atom stereocenters. The van der Waals surface area contributed by atoms with E-state index in [-0.39, 0.29) is 6.04 Å². The predicted molar refractivity (Wildman–Crippen MR) is 87.6 cm³/mol. The van der Waals surface area contributed by atoms with E-state index in [0.717, 1.165) is 11.3 Å². The summed E-state index contributed by atoms with van der Waals surface area (Å²) in [5.41, 5.74) is 7.66. The van der Waals surface area contributed by atoms with Gasteiger partial charge in [-0.25, -0.2) is 4.99 Å². The van der Waals surface area contributed by atoms with Gasteiger partial charge in [0, 0.05) is 16.2 Å². The molecule has 1 aromatic heterocycles. The number of pyridine rings is 1. The predicted octanol–water partition coefficient (Wildman–Crippen LogP) is 3.55. The number of hydrogen-bond donors (Lipinski definition) is 2. The summed E-state index contributed by atoms with van der Waals surface area (Å²) in [5.74, 6) is 0.346. The number of nitrogens with two attached hydrogens (primary N) is 1. The highest BCUT2D eigenvalue weighted by Gasteiger charge is 2.10. The second-order valence-corrected chi connectivity index (χ2v) is 5.40. The quantitative estimate of drug-likeness (QED) is 0.668. The molecule has 21 heavy (non-hydrogen) atoms. The molecule has 0 fully saturated rings. The molecule has 0 aliphatic heterocycles. The standard InChI is InChI=1S/C15H16Cl2N4/c1-10(13-6-5-11(16)8-14(13)17)21-15(18)20-9-12-4-2-3-7-19-12/h2-8,10H,9H2,1H3,(H3,18,20,21). The molecule has 110 valence electrons. The van der Waals surface area contributed by atoms with E-state index >= 15 is 0 Å². The van der Waals surface area contributed by atoms with Crippen LogP contribution in [0, 0.1) is 0 Å². The molecular formula is C15H16Cl2N4. The van der Waals surface area contributed by atoms with Gasteiger partial charge >= 0.3 is 0 Å². The molecule has 0 saturated heterocycles. The van der Waals surface area contributed by atoms with Crippen molar-refractivity contribution in [2.45, 2.75) is 19.5 Å². The summed E-state index contributed by atoms with van der Waals surface area (Å²) in [6.45, 7) is 2.39. The van der Waals surface area contributed by atoms with Crippen LogP contribution in [0.15, 0.2) is 47.6 Å². The molecule has 2 aromatic rings. The zero-order chi connectivity index (χ0) is 15.2. The highest BCUT2D eigenvalue weighted by atomic mass is 35.5. The zero-order valence-corrected chi connectivity index (χ0v) is 13.1. The van der Waals surface area contributed by atoms with E-state index in [2.05, 4.69) is 15.3 Å². The van der Waals surface area contributed by atoms with Gasteiger partial charge in [-0.15, -0.1) is 0 Å². The second-order valence-electron chi connectivity index (χ2n) is 4.55. The first-order valence-corrected chi connectivity index (χ1v) is 7.23. The number of halogens is 2. The summed E-state index contributed by atoms with van der Waals surface area (Å²) >= 11 is 12.1. The maximum Gasteiger partial charge on any atom is 0.189 e. The van der Waals surface area contributed by atoms with Crippen LogP contribution >= 0.6 is 23.2 Å². The summed E-state index contributed by atoms with van der Waals surface area (Å²) in [7, 11) is 0. The van der Waals surface area contributed by atoms with Gasteiger partial charge in [0.15, 0.2) is 5.96 Å². The maximum absolute atomic E-state index is 6.17. The van der Waals surface area contributed by atoms with Crippen molar-refractivity contribution in [1.29, 1.82) is 0 Å². The number of guanidine groups is 1. The van der Waals surface area contributed by atoms with Crippen molar-refractivity contribution in [3.8, 4) is 0 Å². The number of aliphatic imine (C=N–C) groups is 1. The summed E-state index contributed by atoms with van der Waals surface area (Å²) in [5, 5.41) is 4.30. The Bertz CT molecular complexity index is 629. The third kappa shape index (κ3) is 4.62. The number of rotatable bonds is 4. The van der Waals surface area contributed by atoms with Gasteiger partial charge in [0.05, 0.1) is 18.3 Å². The molecular weight excluding hydrogens is 307 g/mol. The normalized spacial score (nSPS) is 13.0. The topological polar surface area (TPSA) is 63.3 Å². The van der Waals surface area contributed by atoms with Crippen LogP contribution in [0.2, 0.25) is 10.0 Å². The lowest BCUT2D eigenvalue weighted by Gasteiger charge is -2.16. The smallest absolute Gasteiger partial charge is 0.189 e. The Hall–Kier alpha value is -1.78. The molecule has 2 rings (SSSR count). The third-order valence-electron chi connectivity index (χ3n) is 2.93. The highest BCUT2D eigenvalue weighted by Crippen LogP contribution is 2.25. The van der Waals surface area contributed by atoms with Gasteiger partial charge in [-0.1, -0.05) is 35.3 Å². The SMILES string of the molecule is CC(NC(N)=NCc1ccccn1)c1ccc(Cl)cc1Cl. The number of nitrogens with one attached hydrogen (secondary N) is 1. The molecule has 0 radical (unpaired) electrons. The van der Waals surface area contributed by atoms with Crippen LogP contribution in [0.25, 0.3) is 0 Å². The number of hydrogen-bond acceptors (Lipinski definition) is 2. The van der Waals surface area contributed by atoms with Gasteiger partial charge in [-0.3, -0.25) is 4.98 Å². The zero-order valence-electron chi connectivity index (χ0n) is 11.6. The largest absolute Gasteiger partial charge is 0.370 e. The molecule has 6 heteroatoms. The Morgan fingerprint density at radius 3 is 2.81 bits per heavy atom. The van der Waals surface area contributed by atoms with E-state index in [0.29, 0.717) is 22.5 Å². The second kappa shape index (κ2) is 7.29. The Morgan fingerprint density at radius 2 is 2.14 bits per heavy atom. The first kappa shape index (κ1) is 15.6. The van der Waals surface area contributed by atoms with E-state index in [1.807, 2.05) is 31.2 Å². The number of aromatic nitrogens is 1. The Labute approximate surface area is 134 Å². The lowest BCUT2D eigenvalue weighted by Crippen LogP contribution is -2.34. The fourth-order valence-electron chi connectivity index (χ4n) is 1.86. The van der Waals surface area contributed by atoms with E-state index < -0.39 is 0 Å². The summed E-state index contributed by atoms with van der Waals surface area (Å²) in [6, 6.07) is 11.0. The van der Waals surface area contributed by atoms with Crippen LogP contribution in [0.4, 0.5) is 0 Å². The van der Waals surface area contributed by atoms with Gasteiger partial charge in [0.1, 0.15) is 0 Å². The minimum Gasteiger partial charge on any atom is -0.370 e. The van der Waals surface area contributed by atoms with Gasteiger partial charge in [-0.2, -0.15) is 0 Å². The lowest BCUT2D eigenvalue weighted by molar-refractivity contribution is 0.707. The Morgan fingerprint density at radius 1 is 1.33 bits per heavy atom. The van der Waals surface area contributed by atoms with E-state index in [9.17, 15) is 0 Å². The molecule has 4 nitrogen and oxygen atoms in total. The van der Waals surface area contributed by atoms with Crippen molar-refractivity contribution < 1.29 is 0 Å². The number of benzene rings is 1. The Balaban J connectivity index is 1.99. The van der Waals surface area contributed by atoms with Gasteiger partial charge in [0.2, 0.25) is 0 Å². The van der Waals surface area contributed by atoms with Crippen molar-refractivity contribution in [3.05, 3.63) is 63.9 Å². The summed E-state index contributed by atoms with van der Waals surface area (Å²) in [4.78, 5) is 8.44. The van der Waals surface area contributed by atoms with Crippen LogP contribution in [0.5, 0.6) is 0 Å². The van der Waals surface area contributed by atoms with Crippen LogP contribution in [-0.4, -0.2) is 10.9 Å². The fraction of sp³-hybridized carbons (Fsp3) is 0.200. The van der Waals surface area contributed by atoms with Crippen molar-refractivity contribution in [2.75, 3.05) is 0 Å². The van der Waals surface area contributed by atoms with Crippen molar-refractivity contribution in [1.82, 2.24) is 10.3 Å². The molecule has 1 heterocycles. The minimum absolute atomic E-state index is 0.0674. The van der Waals surface area contributed by atoms with E-state index in [4.69, 9.17) is 28.9 Å². The molecule has 0 aliphatic carbocycles. The fourth-order valence-corrected chi connectivity index (χ4v) is 2.43. The first-order chi connectivity index (χ1) is 10.1. The average molecular weight is 323 g/mol. The maximum atomic E-state index is 6.17. The molecule has 0 saturated carbocycles. The van der Waals surface area contributed by atoms with E-state index in [1.165, 1.54) is 0 Å². The molecule has 3 N–H and O–H groups in total. The van der Waals surface area contributed by atoms with Gasteiger partial charge < -0.3 is 11.1 Å². The van der Waals surface area contributed by atoms with Crippen molar-refractivity contribution >= 4 is 29.2 Å². The van der Waals surface area contributed by atoms with Crippen molar-refractivity contribution in [2.24, 2.45) is 10.7 Å². The lowest BCUT2D eigenvalue weighted by atomic mass is 10.1. The molecule has 0 bridgehead atoms. The summed E-state index contributed by atoms with van der Waals surface area (Å²) in [6.07, 6.45) is 1.73. The summed E-state index contributed by atoms with van der Waals surface area (Å²) < 4.78 is 0. The minimum atomic E-state index is -0.0674. The molecule has 0 amide bonds. The highest BCUT2D eigenvalue weighted by molar-refractivity contribution is 6.35. The van der Waals surface area contributed by atoms with Gasteiger partial charge in [-0.05, 0) is 36.8 Å². The van der Waals surface area contributed by atoms with Crippen LogP contribution < -0.4 is 11.1 Å². The van der Waals surface area contributed by atoms with Crippen LogP contribution in [0.1, 0.15) is 24.2 Å². The van der Waals surface area contributed by atoms with Gasteiger partial charge in [0.25, 0.3) is 0 Å². The first-order valence-electron chi connectivity index (χ1n) is 6.47. The Kier molecular flexibility index (Phi) is 5.42. The average Bonchev–Trinajstić information content (AvgIpc) is 2.46. The van der Waals surface area contributed by atoms with Crippen molar-refractivity contribution in [3.63, 3.8) is 0 Å². The van der Waals surface area contributed by atoms with E-state index in [1.54, 1.807) is 18.3 Å². The molecule has 1 aromatic carbocycles. The molecule has 0 spiro atoms. The third-order valence-corrected chi connectivity index (χ3v) is 3.49. The van der Waals surface area contributed by atoms with Crippen LogP contribution in [0.3, 0.4) is 0 Å². The van der Waals surface area contributed by atoms with Crippen LogP contribution in [-0.2, 0) is 6.54 Å². The molecule has 1 atom stereocenters. The number of nitrogens with zero attached hydrogens (tertiary/aromatic N) is 2. The monoisotopic (exact) mass is 322 g/mol.